The van der Waals surface area contributed by atoms with Gasteiger partial charge in [-0.2, -0.15) is 0 Å². The molecule has 3 N–H and O–H groups in total. The van der Waals surface area contributed by atoms with E-state index in [2.05, 4.69) is 21.2 Å². The number of anilines is 1. The van der Waals surface area contributed by atoms with Gasteiger partial charge in [-0.1, -0.05) is 32.4 Å². The van der Waals surface area contributed by atoms with E-state index in [1.165, 1.54) is 0 Å². The Balaban J connectivity index is 2.78. The first-order valence-corrected chi connectivity index (χ1v) is 6.40. The minimum absolute atomic E-state index is 0.212. The van der Waals surface area contributed by atoms with Crippen molar-refractivity contribution >= 4 is 39.1 Å². The first-order valence-electron chi connectivity index (χ1n) is 5.23. The maximum atomic E-state index is 11.9. The molecule has 0 aliphatic rings. The van der Waals surface area contributed by atoms with Gasteiger partial charge >= 0.3 is 0 Å². The van der Waals surface area contributed by atoms with Crippen molar-refractivity contribution in [3.63, 3.8) is 0 Å². The maximum Gasteiger partial charge on any atom is 0.241 e. The van der Waals surface area contributed by atoms with Crippen LogP contribution in [0, 0.1) is 5.41 Å². The zero-order valence-electron chi connectivity index (χ0n) is 10.1. The van der Waals surface area contributed by atoms with E-state index < -0.39 is 6.04 Å². The van der Waals surface area contributed by atoms with Crippen LogP contribution in [0.25, 0.3) is 0 Å². The maximum absolute atomic E-state index is 11.9. The second kappa shape index (κ2) is 5.38. The average Bonchev–Trinajstić information content (AvgIpc) is 2.21. The number of hydrogen-bond acceptors (Lipinski definition) is 2. The molecule has 1 amide bonds. The Kier molecular flexibility index (Phi) is 4.58. The zero-order valence-corrected chi connectivity index (χ0v) is 12.4. The minimum atomic E-state index is -0.565. The first kappa shape index (κ1) is 14.5. The molecule has 0 bridgehead atoms. The fourth-order valence-electron chi connectivity index (χ4n) is 1.19. The summed E-state index contributed by atoms with van der Waals surface area (Å²) in [5, 5.41) is 3.30. The lowest BCUT2D eigenvalue weighted by Crippen LogP contribution is -2.45. The SMILES string of the molecule is CC(C)(C)C(N)C(=O)Nc1ccc(Br)c(Cl)c1. The molecule has 0 saturated heterocycles. The van der Waals surface area contributed by atoms with Crippen molar-refractivity contribution in [2.75, 3.05) is 5.32 Å². The summed E-state index contributed by atoms with van der Waals surface area (Å²) in [6, 6.07) is 4.66. The molecule has 0 aliphatic carbocycles. The predicted octanol–water partition coefficient (Wildman–Crippen LogP) is 3.41. The van der Waals surface area contributed by atoms with Gasteiger partial charge < -0.3 is 11.1 Å². The van der Waals surface area contributed by atoms with Crippen LogP contribution in [0.2, 0.25) is 5.02 Å². The van der Waals surface area contributed by atoms with Crippen LogP contribution < -0.4 is 11.1 Å². The highest BCUT2D eigenvalue weighted by Gasteiger charge is 2.27. The van der Waals surface area contributed by atoms with Crippen molar-refractivity contribution < 1.29 is 4.79 Å². The predicted molar refractivity (Wildman–Crippen MR) is 75.2 cm³/mol. The molecule has 0 heterocycles. The van der Waals surface area contributed by atoms with E-state index in [1.807, 2.05) is 20.8 Å². The van der Waals surface area contributed by atoms with Crippen LogP contribution in [0.1, 0.15) is 20.8 Å². The molecular formula is C12H16BrClN2O. The summed E-state index contributed by atoms with van der Waals surface area (Å²) in [5.74, 6) is -0.212. The number of benzene rings is 1. The third-order valence-electron chi connectivity index (χ3n) is 2.40. The molecule has 0 spiro atoms. The van der Waals surface area contributed by atoms with E-state index >= 15 is 0 Å². The molecule has 3 nitrogen and oxygen atoms in total. The Labute approximate surface area is 115 Å². The van der Waals surface area contributed by atoms with Gasteiger partial charge in [-0.25, -0.2) is 0 Å². The second-order valence-electron chi connectivity index (χ2n) is 4.96. The van der Waals surface area contributed by atoms with Gasteiger partial charge in [-0.3, -0.25) is 4.79 Å². The molecule has 5 heteroatoms. The van der Waals surface area contributed by atoms with E-state index in [0.29, 0.717) is 10.7 Å². The van der Waals surface area contributed by atoms with Crippen LogP contribution in [-0.4, -0.2) is 11.9 Å². The third-order valence-corrected chi connectivity index (χ3v) is 3.64. The monoisotopic (exact) mass is 318 g/mol. The van der Waals surface area contributed by atoms with E-state index in [-0.39, 0.29) is 11.3 Å². The van der Waals surface area contributed by atoms with Crippen molar-refractivity contribution in [1.29, 1.82) is 0 Å². The number of nitrogens with one attached hydrogen (secondary N) is 1. The Morgan fingerprint density at radius 2 is 2.06 bits per heavy atom. The Bertz CT molecular complexity index is 429. The van der Waals surface area contributed by atoms with Crippen molar-refractivity contribution in [3.8, 4) is 0 Å². The van der Waals surface area contributed by atoms with Crippen LogP contribution in [0.5, 0.6) is 0 Å². The molecule has 1 aromatic carbocycles. The van der Waals surface area contributed by atoms with Gasteiger partial charge in [-0.15, -0.1) is 0 Å². The lowest BCUT2D eigenvalue weighted by atomic mass is 9.87. The van der Waals surface area contributed by atoms with Gasteiger partial charge in [0.2, 0.25) is 5.91 Å². The highest BCUT2D eigenvalue weighted by Crippen LogP contribution is 2.26. The fraction of sp³-hybridized carbons (Fsp3) is 0.417. The normalized spacial score (nSPS) is 13.3. The summed E-state index contributed by atoms with van der Waals surface area (Å²) in [4.78, 5) is 11.9. The van der Waals surface area contributed by atoms with Gasteiger partial charge in [0.25, 0.3) is 0 Å². The number of amides is 1. The van der Waals surface area contributed by atoms with Crippen LogP contribution in [0.3, 0.4) is 0 Å². The zero-order chi connectivity index (χ0) is 13.2. The molecule has 1 unspecified atom stereocenters. The third kappa shape index (κ3) is 3.98. The Morgan fingerprint density at radius 1 is 1.47 bits per heavy atom. The van der Waals surface area contributed by atoms with Crippen LogP contribution in [-0.2, 0) is 4.79 Å². The fourth-order valence-corrected chi connectivity index (χ4v) is 1.61. The molecule has 94 valence electrons. The van der Waals surface area contributed by atoms with Gasteiger partial charge in [0.1, 0.15) is 0 Å². The summed E-state index contributed by atoms with van der Waals surface area (Å²) in [7, 11) is 0. The smallest absolute Gasteiger partial charge is 0.241 e. The average molecular weight is 320 g/mol. The topological polar surface area (TPSA) is 55.1 Å². The summed E-state index contributed by atoms with van der Waals surface area (Å²) in [6.45, 7) is 5.77. The summed E-state index contributed by atoms with van der Waals surface area (Å²) >= 11 is 9.22. The summed E-state index contributed by atoms with van der Waals surface area (Å²) in [6.07, 6.45) is 0. The number of hydrogen-bond donors (Lipinski definition) is 2. The second-order valence-corrected chi connectivity index (χ2v) is 6.22. The number of carbonyl (C=O) groups is 1. The molecular weight excluding hydrogens is 304 g/mol. The lowest BCUT2D eigenvalue weighted by Gasteiger charge is -2.25. The van der Waals surface area contributed by atoms with E-state index in [4.69, 9.17) is 17.3 Å². The largest absolute Gasteiger partial charge is 0.325 e. The molecule has 0 aliphatic heterocycles. The molecule has 0 saturated carbocycles. The number of nitrogens with two attached hydrogens (primary N) is 1. The van der Waals surface area contributed by atoms with Crippen molar-refractivity contribution in [2.45, 2.75) is 26.8 Å². The summed E-state index contributed by atoms with van der Waals surface area (Å²) < 4.78 is 0.789. The molecule has 0 fully saturated rings. The number of carbonyl (C=O) groups excluding carboxylic acids is 1. The molecule has 1 atom stereocenters. The van der Waals surface area contributed by atoms with Gasteiger partial charge in [-0.05, 0) is 39.5 Å². The van der Waals surface area contributed by atoms with E-state index in [1.54, 1.807) is 18.2 Å². The van der Waals surface area contributed by atoms with E-state index in [9.17, 15) is 4.79 Å². The first-order chi connectivity index (χ1) is 7.71. The minimum Gasteiger partial charge on any atom is -0.325 e. The molecule has 0 aromatic heterocycles. The van der Waals surface area contributed by atoms with Gasteiger partial charge in [0.15, 0.2) is 0 Å². The molecule has 17 heavy (non-hydrogen) atoms. The molecule has 1 rings (SSSR count). The van der Waals surface area contributed by atoms with Crippen LogP contribution in [0.4, 0.5) is 5.69 Å². The van der Waals surface area contributed by atoms with Crippen LogP contribution >= 0.6 is 27.5 Å². The van der Waals surface area contributed by atoms with Crippen molar-refractivity contribution in [1.82, 2.24) is 0 Å². The lowest BCUT2D eigenvalue weighted by molar-refractivity contribution is -0.119. The van der Waals surface area contributed by atoms with Crippen LogP contribution in [0.15, 0.2) is 22.7 Å². The van der Waals surface area contributed by atoms with Crippen molar-refractivity contribution in [3.05, 3.63) is 27.7 Å². The highest BCUT2D eigenvalue weighted by atomic mass is 79.9. The van der Waals surface area contributed by atoms with Gasteiger partial charge in [0.05, 0.1) is 11.1 Å². The summed E-state index contributed by atoms with van der Waals surface area (Å²) in [5.41, 5.74) is 6.22. The van der Waals surface area contributed by atoms with Crippen molar-refractivity contribution in [2.24, 2.45) is 11.1 Å². The quantitative estimate of drug-likeness (QED) is 0.877. The molecule has 0 radical (unpaired) electrons. The number of halogens is 2. The standard InChI is InChI=1S/C12H16BrClN2O/c1-12(2,3)10(15)11(17)16-7-4-5-8(13)9(14)6-7/h4-6,10H,15H2,1-3H3,(H,16,17). The number of rotatable bonds is 2. The highest BCUT2D eigenvalue weighted by molar-refractivity contribution is 9.10. The molecule has 1 aromatic rings. The van der Waals surface area contributed by atoms with E-state index in [0.717, 1.165) is 4.47 Å². The Hall–Kier alpha value is -0.580. The Morgan fingerprint density at radius 3 is 2.53 bits per heavy atom. The van der Waals surface area contributed by atoms with Gasteiger partial charge in [0, 0.05) is 10.2 Å².